The molecule has 0 aliphatic rings. The van der Waals surface area contributed by atoms with Gasteiger partial charge in [-0.25, -0.2) is 4.39 Å². The number of nitro benzene ring substituents is 1. The summed E-state index contributed by atoms with van der Waals surface area (Å²) in [5.74, 6) is -0.297. The number of non-ortho nitro benzene ring substituents is 1. The van der Waals surface area contributed by atoms with Crippen LogP contribution >= 0.6 is 0 Å². The summed E-state index contributed by atoms with van der Waals surface area (Å²) >= 11 is 0. The Morgan fingerprint density at radius 3 is 2.28 bits per heavy atom. The first-order valence-electron chi connectivity index (χ1n) is 5.20. The molecule has 5 heteroatoms. The van der Waals surface area contributed by atoms with Crippen molar-refractivity contribution in [3.8, 4) is 16.9 Å². The van der Waals surface area contributed by atoms with Crippen LogP contribution < -0.4 is 4.74 Å². The van der Waals surface area contributed by atoms with Crippen LogP contribution in [0, 0.1) is 15.9 Å². The molecule has 4 nitrogen and oxygen atoms in total. The highest BCUT2D eigenvalue weighted by Crippen LogP contribution is 2.27. The van der Waals surface area contributed by atoms with E-state index in [9.17, 15) is 14.5 Å². The number of hydrogen-bond acceptors (Lipinski definition) is 3. The van der Waals surface area contributed by atoms with Gasteiger partial charge in [-0.1, -0.05) is 6.07 Å². The fourth-order valence-electron chi connectivity index (χ4n) is 1.61. The maximum absolute atomic E-state index is 13.2. The number of nitrogens with zero attached hydrogens (tertiary/aromatic N) is 1. The molecule has 92 valence electrons. The maximum Gasteiger partial charge on any atom is 0.269 e. The Kier molecular flexibility index (Phi) is 3.23. The molecule has 0 spiro atoms. The molecule has 0 N–H and O–H groups in total. The van der Waals surface area contributed by atoms with Gasteiger partial charge in [-0.2, -0.15) is 0 Å². The Hall–Kier alpha value is -2.43. The van der Waals surface area contributed by atoms with Crippen molar-refractivity contribution in [1.82, 2.24) is 0 Å². The van der Waals surface area contributed by atoms with Gasteiger partial charge in [0, 0.05) is 12.1 Å². The highest BCUT2D eigenvalue weighted by Gasteiger charge is 2.08. The van der Waals surface area contributed by atoms with E-state index < -0.39 is 10.7 Å². The van der Waals surface area contributed by atoms with Crippen molar-refractivity contribution in [2.24, 2.45) is 0 Å². The maximum atomic E-state index is 13.2. The predicted molar refractivity (Wildman–Crippen MR) is 65.0 cm³/mol. The smallest absolute Gasteiger partial charge is 0.269 e. The third-order valence-corrected chi connectivity index (χ3v) is 2.56. The lowest BCUT2D eigenvalue weighted by Crippen LogP contribution is -1.90. The molecule has 0 unspecified atom stereocenters. The van der Waals surface area contributed by atoms with Gasteiger partial charge in [-0.15, -0.1) is 0 Å². The van der Waals surface area contributed by atoms with E-state index >= 15 is 0 Å². The summed E-state index contributed by atoms with van der Waals surface area (Å²) < 4.78 is 18.1. The molecule has 2 aromatic rings. The molecular formula is C13H10FNO3. The van der Waals surface area contributed by atoms with Gasteiger partial charge in [0.2, 0.25) is 0 Å². The van der Waals surface area contributed by atoms with Crippen molar-refractivity contribution >= 4 is 5.69 Å². The molecule has 0 aromatic heterocycles. The summed E-state index contributed by atoms with van der Waals surface area (Å²) in [5, 5.41) is 10.5. The van der Waals surface area contributed by atoms with Crippen LogP contribution in [0.4, 0.5) is 10.1 Å². The normalized spacial score (nSPS) is 10.1. The monoisotopic (exact) mass is 247 g/mol. The zero-order valence-electron chi connectivity index (χ0n) is 9.59. The van der Waals surface area contributed by atoms with Crippen molar-refractivity contribution in [3.05, 3.63) is 58.4 Å². The zero-order chi connectivity index (χ0) is 13.1. The SMILES string of the molecule is COc1cc(-c2ccc([N+](=O)[O-])cc2)ccc1F. The van der Waals surface area contributed by atoms with Crippen LogP contribution in [0.15, 0.2) is 42.5 Å². The topological polar surface area (TPSA) is 52.4 Å². The van der Waals surface area contributed by atoms with Gasteiger partial charge < -0.3 is 4.74 Å². The quantitative estimate of drug-likeness (QED) is 0.617. The Labute approximate surface area is 103 Å². The number of benzene rings is 2. The van der Waals surface area contributed by atoms with Crippen LogP contribution in [0.3, 0.4) is 0 Å². The highest BCUT2D eigenvalue weighted by molar-refractivity contribution is 5.66. The minimum absolute atomic E-state index is 0.0211. The number of methoxy groups -OCH3 is 1. The van der Waals surface area contributed by atoms with E-state index in [1.807, 2.05) is 0 Å². The summed E-state index contributed by atoms with van der Waals surface area (Å²) in [6.45, 7) is 0. The van der Waals surface area contributed by atoms with E-state index in [0.29, 0.717) is 0 Å². The third kappa shape index (κ3) is 2.29. The van der Waals surface area contributed by atoms with Crippen LogP contribution in [0.1, 0.15) is 0 Å². The standard InChI is InChI=1S/C13H10FNO3/c1-18-13-8-10(4-7-12(13)14)9-2-5-11(6-3-9)15(16)17/h2-8H,1H3. The van der Waals surface area contributed by atoms with Crippen LogP contribution in [0.5, 0.6) is 5.75 Å². The summed E-state index contributed by atoms with van der Waals surface area (Å²) in [4.78, 5) is 10.1. The molecule has 0 aliphatic heterocycles. The number of ether oxygens (including phenoxy) is 1. The second-order valence-electron chi connectivity index (χ2n) is 3.65. The van der Waals surface area contributed by atoms with E-state index in [2.05, 4.69) is 0 Å². The Morgan fingerprint density at radius 1 is 1.11 bits per heavy atom. The number of rotatable bonds is 3. The van der Waals surface area contributed by atoms with Gasteiger partial charge in [-0.05, 0) is 35.4 Å². The fourth-order valence-corrected chi connectivity index (χ4v) is 1.61. The lowest BCUT2D eigenvalue weighted by molar-refractivity contribution is -0.384. The van der Waals surface area contributed by atoms with Gasteiger partial charge in [0.25, 0.3) is 5.69 Å². The summed E-state index contributed by atoms with van der Waals surface area (Å²) in [5.41, 5.74) is 1.52. The van der Waals surface area contributed by atoms with Crippen LogP contribution in [-0.2, 0) is 0 Å². The first kappa shape index (κ1) is 12.0. The van der Waals surface area contributed by atoms with E-state index in [0.717, 1.165) is 11.1 Å². The minimum Gasteiger partial charge on any atom is -0.494 e. The third-order valence-electron chi connectivity index (χ3n) is 2.56. The average Bonchev–Trinajstić information content (AvgIpc) is 2.39. The van der Waals surface area contributed by atoms with Crippen LogP contribution in [0.2, 0.25) is 0 Å². The van der Waals surface area contributed by atoms with E-state index in [1.165, 1.54) is 25.3 Å². The highest BCUT2D eigenvalue weighted by atomic mass is 19.1. The fraction of sp³-hybridized carbons (Fsp3) is 0.0769. The molecule has 0 amide bonds. The Balaban J connectivity index is 2.39. The summed E-state index contributed by atoms with van der Waals surface area (Å²) in [6, 6.07) is 10.5. The van der Waals surface area contributed by atoms with E-state index in [1.54, 1.807) is 24.3 Å². The lowest BCUT2D eigenvalue weighted by Gasteiger charge is -2.05. The summed E-state index contributed by atoms with van der Waals surface area (Å²) in [6.07, 6.45) is 0. The molecule has 0 saturated heterocycles. The lowest BCUT2D eigenvalue weighted by atomic mass is 10.1. The number of nitro groups is 1. The van der Waals surface area contributed by atoms with E-state index in [4.69, 9.17) is 4.74 Å². The molecule has 0 fully saturated rings. The largest absolute Gasteiger partial charge is 0.494 e. The van der Waals surface area contributed by atoms with Gasteiger partial charge in [0.05, 0.1) is 12.0 Å². The zero-order valence-corrected chi connectivity index (χ0v) is 9.59. The molecule has 0 atom stereocenters. The molecule has 2 rings (SSSR count). The van der Waals surface area contributed by atoms with Gasteiger partial charge in [0.1, 0.15) is 0 Å². The molecular weight excluding hydrogens is 237 g/mol. The molecule has 0 bridgehead atoms. The van der Waals surface area contributed by atoms with Crippen molar-refractivity contribution in [3.63, 3.8) is 0 Å². The minimum atomic E-state index is -0.463. The first-order valence-corrected chi connectivity index (χ1v) is 5.20. The number of hydrogen-bond donors (Lipinski definition) is 0. The second kappa shape index (κ2) is 4.83. The van der Waals surface area contributed by atoms with Crippen LogP contribution in [0.25, 0.3) is 11.1 Å². The molecule has 0 aliphatic carbocycles. The summed E-state index contributed by atoms with van der Waals surface area (Å²) in [7, 11) is 1.39. The molecule has 0 radical (unpaired) electrons. The van der Waals surface area contributed by atoms with Crippen molar-refractivity contribution in [1.29, 1.82) is 0 Å². The Morgan fingerprint density at radius 2 is 1.72 bits per heavy atom. The van der Waals surface area contributed by atoms with Gasteiger partial charge in [0.15, 0.2) is 11.6 Å². The molecule has 2 aromatic carbocycles. The van der Waals surface area contributed by atoms with E-state index in [-0.39, 0.29) is 11.4 Å². The molecule has 0 saturated carbocycles. The molecule has 0 heterocycles. The number of halogens is 1. The van der Waals surface area contributed by atoms with Crippen molar-refractivity contribution in [2.75, 3.05) is 7.11 Å². The molecule has 18 heavy (non-hydrogen) atoms. The van der Waals surface area contributed by atoms with Gasteiger partial charge in [-0.3, -0.25) is 10.1 Å². The average molecular weight is 247 g/mol. The first-order chi connectivity index (χ1) is 8.61. The van der Waals surface area contributed by atoms with Gasteiger partial charge >= 0.3 is 0 Å². The predicted octanol–water partition coefficient (Wildman–Crippen LogP) is 3.41. The van der Waals surface area contributed by atoms with Crippen molar-refractivity contribution in [2.45, 2.75) is 0 Å². The van der Waals surface area contributed by atoms with Crippen LogP contribution in [-0.4, -0.2) is 12.0 Å². The Bertz CT molecular complexity index is 581. The second-order valence-corrected chi connectivity index (χ2v) is 3.65. The van der Waals surface area contributed by atoms with Crippen molar-refractivity contribution < 1.29 is 14.1 Å².